The highest BCUT2D eigenvalue weighted by Crippen LogP contribution is 2.27. The van der Waals surface area contributed by atoms with Crippen molar-refractivity contribution in [3.63, 3.8) is 0 Å². The number of benzene rings is 2. The first-order valence-electron chi connectivity index (χ1n) is 8.13. The van der Waals surface area contributed by atoms with Gasteiger partial charge in [0.05, 0.1) is 33.6 Å². The van der Waals surface area contributed by atoms with Gasteiger partial charge in [-0.05, 0) is 67.3 Å². The quantitative estimate of drug-likeness (QED) is 0.613. The molecule has 5 heteroatoms. The maximum atomic E-state index is 5.41. The highest BCUT2D eigenvalue weighted by atomic mass is 16.5. The zero-order valence-electron chi connectivity index (χ0n) is 15.8. The van der Waals surface area contributed by atoms with Gasteiger partial charge >= 0.3 is 0 Å². The molecule has 0 heterocycles. The number of aryl methyl sites for hydroxylation is 2. The van der Waals surface area contributed by atoms with Crippen molar-refractivity contribution < 1.29 is 14.2 Å². The van der Waals surface area contributed by atoms with Crippen LogP contribution in [0.15, 0.2) is 35.4 Å². The van der Waals surface area contributed by atoms with E-state index in [0.717, 1.165) is 39.5 Å². The lowest BCUT2D eigenvalue weighted by Gasteiger charge is -2.12. The Morgan fingerprint density at radius 2 is 1.56 bits per heavy atom. The highest BCUT2D eigenvalue weighted by molar-refractivity contribution is 5.99. The van der Waals surface area contributed by atoms with Gasteiger partial charge in [-0.15, -0.1) is 0 Å². The molecule has 0 aliphatic carbocycles. The van der Waals surface area contributed by atoms with Crippen LogP contribution in [0.2, 0.25) is 0 Å². The number of rotatable bonds is 7. The Morgan fingerprint density at radius 3 is 2.12 bits per heavy atom. The molecule has 0 aromatic heterocycles. The summed E-state index contributed by atoms with van der Waals surface area (Å²) >= 11 is 0. The van der Waals surface area contributed by atoms with E-state index in [1.54, 1.807) is 21.3 Å². The third-order valence-corrected chi connectivity index (χ3v) is 4.06. The molecule has 1 N–H and O–H groups in total. The minimum Gasteiger partial charge on any atom is -0.496 e. The summed E-state index contributed by atoms with van der Waals surface area (Å²) in [5, 5.41) is 4.48. The Labute approximate surface area is 149 Å². The van der Waals surface area contributed by atoms with Crippen LogP contribution >= 0.6 is 0 Å². The maximum absolute atomic E-state index is 5.41. The normalized spacial score (nSPS) is 11.2. The first-order valence-corrected chi connectivity index (χ1v) is 8.13. The molecule has 0 aliphatic heterocycles. The fourth-order valence-corrected chi connectivity index (χ4v) is 2.79. The van der Waals surface area contributed by atoms with Crippen LogP contribution in [0.5, 0.6) is 17.2 Å². The monoisotopic (exact) mass is 342 g/mol. The zero-order chi connectivity index (χ0) is 18.4. The van der Waals surface area contributed by atoms with Gasteiger partial charge in [0, 0.05) is 0 Å². The molecule has 0 fully saturated rings. The van der Waals surface area contributed by atoms with Crippen molar-refractivity contribution in [1.29, 1.82) is 0 Å². The Balaban J connectivity index is 2.09. The number of hydrogen-bond donors (Lipinski definition) is 1. The van der Waals surface area contributed by atoms with Crippen molar-refractivity contribution in [3.05, 3.63) is 52.6 Å². The molecular weight excluding hydrogens is 316 g/mol. The van der Waals surface area contributed by atoms with Crippen molar-refractivity contribution in [3.8, 4) is 17.2 Å². The van der Waals surface area contributed by atoms with Gasteiger partial charge < -0.3 is 19.6 Å². The van der Waals surface area contributed by atoms with E-state index in [-0.39, 0.29) is 0 Å². The summed E-state index contributed by atoms with van der Waals surface area (Å²) in [6.45, 7) is 6.67. The predicted octanol–water partition coefficient (Wildman–Crippen LogP) is 3.84. The van der Waals surface area contributed by atoms with Crippen molar-refractivity contribution in [2.24, 2.45) is 5.10 Å². The predicted molar refractivity (Wildman–Crippen MR) is 101 cm³/mol. The van der Waals surface area contributed by atoms with Crippen LogP contribution in [-0.2, 0) is 6.54 Å². The van der Waals surface area contributed by atoms with E-state index < -0.39 is 0 Å². The van der Waals surface area contributed by atoms with Crippen LogP contribution in [0, 0.1) is 13.8 Å². The van der Waals surface area contributed by atoms with Gasteiger partial charge in [-0.2, -0.15) is 5.10 Å². The van der Waals surface area contributed by atoms with Crippen LogP contribution in [0.4, 0.5) is 0 Å². The summed E-state index contributed by atoms with van der Waals surface area (Å²) in [4.78, 5) is 0. The summed E-state index contributed by atoms with van der Waals surface area (Å²) in [6, 6.07) is 9.99. The molecule has 0 saturated heterocycles. The lowest BCUT2D eigenvalue weighted by atomic mass is 10.0. The topological polar surface area (TPSA) is 52.1 Å². The zero-order valence-corrected chi connectivity index (χ0v) is 15.8. The van der Waals surface area contributed by atoms with Gasteiger partial charge in [-0.1, -0.05) is 6.07 Å². The van der Waals surface area contributed by atoms with E-state index in [4.69, 9.17) is 14.2 Å². The number of nitrogens with zero attached hydrogens (tertiary/aromatic N) is 1. The van der Waals surface area contributed by atoms with Crippen molar-refractivity contribution in [2.75, 3.05) is 21.3 Å². The van der Waals surface area contributed by atoms with Gasteiger partial charge in [0.15, 0.2) is 11.5 Å². The van der Waals surface area contributed by atoms with Crippen LogP contribution in [-0.4, -0.2) is 27.0 Å². The Hall–Kier alpha value is -2.69. The molecule has 0 atom stereocenters. The standard InChI is InChI=1S/C20H26N2O3/c1-13-9-17(10-14(2)20(13)25-6)15(3)22-21-12-16-7-8-18(23-4)19(11-16)24-5/h7-11,21H,12H2,1-6H3/b22-15+. The number of ether oxygens (including phenoxy) is 3. The van der Waals surface area contributed by atoms with E-state index in [0.29, 0.717) is 12.3 Å². The van der Waals surface area contributed by atoms with E-state index in [1.165, 1.54) is 0 Å². The average Bonchev–Trinajstić information content (AvgIpc) is 2.61. The summed E-state index contributed by atoms with van der Waals surface area (Å²) in [5.74, 6) is 2.36. The minimum absolute atomic E-state index is 0.603. The molecule has 0 unspecified atom stereocenters. The first-order chi connectivity index (χ1) is 12.0. The fourth-order valence-electron chi connectivity index (χ4n) is 2.79. The molecular formula is C20H26N2O3. The molecule has 2 rings (SSSR count). The summed E-state index contributed by atoms with van der Waals surface area (Å²) in [7, 11) is 4.95. The molecule has 0 amide bonds. The summed E-state index contributed by atoms with van der Waals surface area (Å²) in [5.41, 5.74) is 8.39. The van der Waals surface area contributed by atoms with E-state index >= 15 is 0 Å². The maximum Gasteiger partial charge on any atom is 0.161 e. The van der Waals surface area contributed by atoms with E-state index in [2.05, 4.69) is 22.7 Å². The molecule has 134 valence electrons. The number of hydrogen-bond acceptors (Lipinski definition) is 5. The molecule has 0 bridgehead atoms. The van der Waals surface area contributed by atoms with Crippen LogP contribution in [0.25, 0.3) is 0 Å². The van der Waals surface area contributed by atoms with Crippen LogP contribution < -0.4 is 19.6 Å². The third kappa shape index (κ3) is 4.44. The lowest BCUT2D eigenvalue weighted by molar-refractivity contribution is 0.354. The first kappa shape index (κ1) is 18.6. The molecule has 0 aliphatic rings. The highest BCUT2D eigenvalue weighted by Gasteiger charge is 2.07. The lowest BCUT2D eigenvalue weighted by Crippen LogP contribution is -2.10. The summed E-state index contributed by atoms with van der Waals surface area (Å²) in [6.07, 6.45) is 0. The molecule has 25 heavy (non-hydrogen) atoms. The van der Waals surface area contributed by atoms with E-state index in [1.807, 2.05) is 39.0 Å². The molecule has 5 nitrogen and oxygen atoms in total. The molecule has 0 saturated carbocycles. The average molecular weight is 342 g/mol. The second kappa shape index (κ2) is 8.42. The van der Waals surface area contributed by atoms with E-state index in [9.17, 15) is 0 Å². The Bertz CT molecular complexity index is 747. The second-order valence-corrected chi connectivity index (χ2v) is 5.86. The van der Waals surface area contributed by atoms with Gasteiger partial charge in [0.1, 0.15) is 5.75 Å². The van der Waals surface area contributed by atoms with Gasteiger partial charge in [0.25, 0.3) is 0 Å². The SMILES string of the molecule is COc1ccc(CN/N=C(\C)c2cc(C)c(OC)c(C)c2)cc1OC. The Kier molecular flexibility index (Phi) is 6.28. The van der Waals surface area contributed by atoms with Gasteiger partial charge in [0.2, 0.25) is 0 Å². The smallest absolute Gasteiger partial charge is 0.161 e. The number of methoxy groups -OCH3 is 3. The van der Waals surface area contributed by atoms with Crippen LogP contribution in [0.1, 0.15) is 29.2 Å². The minimum atomic E-state index is 0.603. The molecule has 2 aromatic carbocycles. The molecule has 2 aromatic rings. The largest absolute Gasteiger partial charge is 0.496 e. The van der Waals surface area contributed by atoms with Crippen molar-refractivity contribution in [1.82, 2.24) is 5.43 Å². The second-order valence-electron chi connectivity index (χ2n) is 5.86. The molecule has 0 spiro atoms. The third-order valence-electron chi connectivity index (χ3n) is 4.06. The van der Waals surface area contributed by atoms with Gasteiger partial charge in [-0.25, -0.2) is 0 Å². The molecule has 0 radical (unpaired) electrons. The summed E-state index contributed by atoms with van der Waals surface area (Å²) < 4.78 is 16.0. The van der Waals surface area contributed by atoms with Crippen LogP contribution in [0.3, 0.4) is 0 Å². The Morgan fingerprint density at radius 1 is 0.920 bits per heavy atom. The number of hydrazone groups is 1. The fraction of sp³-hybridized carbons (Fsp3) is 0.350. The van der Waals surface area contributed by atoms with Gasteiger partial charge in [-0.3, -0.25) is 0 Å². The number of nitrogens with one attached hydrogen (secondary N) is 1. The van der Waals surface area contributed by atoms with Crippen molar-refractivity contribution >= 4 is 5.71 Å². The van der Waals surface area contributed by atoms with Crippen molar-refractivity contribution in [2.45, 2.75) is 27.3 Å².